The van der Waals surface area contributed by atoms with Crippen molar-refractivity contribution in [2.75, 3.05) is 13.1 Å². The van der Waals surface area contributed by atoms with Crippen molar-refractivity contribution < 1.29 is 13.9 Å². The number of aliphatic hydroxyl groups is 1. The lowest BCUT2D eigenvalue weighted by atomic mass is 9.86. The predicted octanol–water partition coefficient (Wildman–Crippen LogP) is 1.62. The van der Waals surface area contributed by atoms with Crippen LogP contribution in [0.1, 0.15) is 18.4 Å². The van der Waals surface area contributed by atoms with Gasteiger partial charge in [0.25, 0.3) is 0 Å². The fourth-order valence-corrected chi connectivity index (χ4v) is 2.11. The highest BCUT2D eigenvalue weighted by atomic mass is 19.2. The summed E-state index contributed by atoms with van der Waals surface area (Å²) in [6.45, 7) is 1.43. The number of hydrogen-bond acceptors (Lipinski definition) is 2. The van der Waals surface area contributed by atoms with Crippen molar-refractivity contribution in [1.29, 1.82) is 0 Å². The molecule has 1 aromatic carbocycles. The van der Waals surface area contributed by atoms with Crippen LogP contribution < -0.4 is 5.32 Å². The first kappa shape index (κ1) is 11.5. The Morgan fingerprint density at radius 1 is 1.25 bits per heavy atom. The maximum Gasteiger partial charge on any atom is 0.162 e. The molecule has 88 valence electrons. The van der Waals surface area contributed by atoms with Crippen molar-refractivity contribution in [3.8, 4) is 0 Å². The summed E-state index contributed by atoms with van der Waals surface area (Å²) in [7, 11) is 0. The minimum absolute atomic E-state index is 0.179. The third kappa shape index (κ3) is 2.39. The van der Waals surface area contributed by atoms with Gasteiger partial charge < -0.3 is 10.4 Å². The molecule has 1 aliphatic rings. The van der Waals surface area contributed by atoms with Gasteiger partial charge in [-0.05, 0) is 37.6 Å². The van der Waals surface area contributed by atoms with Crippen LogP contribution in [0.5, 0.6) is 0 Å². The molecular weight excluding hydrogens is 212 g/mol. The van der Waals surface area contributed by atoms with Crippen LogP contribution in [0.15, 0.2) is 18.2 Å². The van der Waals surface area contributed by atoms with Gasteiger partial charge in [0.05, 0.1) is 5.60 Å². The van der Waals surface area contributed by atoms with Gasteiger partial charge in [0.2, 0.25) is 0 Å². The minimum Gasteiger partial charge on any atom is -0.389 e. The van der Waals surface area contributed by atoms with E-state index in [1.807, 2.05) is 0 Å². The van der Waals surface area contributed by atoms with E-state index in [9.17, 15) is 13.9 Å². The molecule has 16 heavy (non-hydrogen) atoms. The molecule has 1 fully saturated rings. The molecule has 0 bridgehead atoms. The van der Waals surface area contributed by atoms with Gasteiger partial charge in [0.15, 0.2) is 11.6 Å². The summed E-state index contributed by atoms with van der Waals surface area (Å²) in [6, 6.07) is 4.09. The Hall–Kier alpha value is -1.00. The van der Waals surface area contributed by atoms with Crippen molar-refractivity contribution in [2.24, 2.45) is 0 Å². The van der Waals surface area contributed by atoms with E-state index in [4.69, 9.17) is 0 Å². The summed E-state index contributed by atoms with van der Waals surface area (Å²) >= 11 is 0. The van der Waals surface area contributed by atoms with Crippen LogP contribution >= 0.6 is 0 Å². The van der Waals surface area contributed by atoms with Crippen LogP contribution in [0.4, 0.5) is 8.78 Å². The largest absolute Gasteiger partial charge is 0.389 e. The molecule has 1 aliphatic heterocycles. The minimum atomic E-state index is -0.903. The maximum absolute atomic E-state index is 13.4. The first-order valence-electron chi connectivity index (χ1n) is 5.47. The van der Waals surface area contributed by atoms with Gasteiger partial charge in [-0.1, -0.05) is 12.1 Å². The quantitative estimate of drug-likeness (QED) is 0.804. The zero-order chi connectivity index (χ0) is 11.6. The molecule has 1 saturated heterocycles. The van der Waals surface area contributed by atoms with Crippen LogP contribution in [-0.4, -0.2) is 23.8 Å². The number of hydrogen-bond donors (Lipinski definition) is 2. The van der Waals surface area contributed by atoms with Crippen molar-refractivity contribution in [3.63, 3.8) is 0 Å². The molecule has 1 aromatic rings. The summed E-state index contributed by atoms with van der Waals surface area (Å²) in [6.07, 6.45) is 1.32. The monoisotopic (exact) mass is 227 g/mol. The van der Waals surface area contributed by atoms with Crippen LogP contribution in [0.3, 0.4) is 0 Å². The zero-order valence-electron chi connectivity index (χ0n) is 8.97. The molecule has 2 nitrogen and oxygen atoms in total. The Morgan fingerprint density at radius 2 is 1.94 bits per heavy atom. The smallest absolute Gasteiger partial charge is 0.162 e. The first-order valence-corrected chi connectivity index (χ1v) is 5.47. The standard InChI is InChI=1S/C12H15F2NO/c13-10-3-1-2-9(11(10)14)8-12(16)4-6-15-7-5-12/h1-3,15-16H,4-8H2. The number of halogens is 2. The van der Waals surface area contributed by atoms with E-state index in [1.165, 1.54) is 12.1 Å². The van der Waals surface area contributed by atoms with E-state index in [2.05, 4.69) is 5.32 Å². The number of rotatable bonds is 2. The van der Waals surface area contributed by atoms with E-state index in [0.717, 1.165) is 6.07 Å². The van der Waals surface area contributed by atoms with Crippen molar-refractivity contribution in [1.82, 2.24) is 5.32 Å². The highest BCUT2D eigenvalue weighted by Crippen LogP contribution is 2.25. The number of benzene rings is 1. The fraction of sp³-hybridized carbons (Fsp3) is 0.500. The Labute approximate surface area is 93.3 Å². The predicted molar refractivity (Wildman–Crippen MR) is 57.1 cm³/mol. The maximum atomic E-state index is 13.4. The third-order valence-corrected chi connectivity index (χ3v) is 3.09. The van der Waals surface area contributed by atoms with E-state index in [0.29, 0.717) is 25.9 Å². The van der Waals surface area contributed by atoms with Crippen molar-refractivity contribution in [3.05, 3.63) is 35.4 Å². The summed E-state index contributed by atoms with van der Waals surface area (Å²) in [5.41, 5.74) is -0.649. The lowest BCUT2D eigenvalue weighted by Gasteiger charge is -2.32. The van der Waals surface area contributed by atoms with E-state index in [-0.39, 0.29) is 12.0 Å². The topological polar surface area (TPSA) is 32.3 Å². The molecule has 0 aromatic heterocycles. The zero-order valence-corrected chi connectivity index (χ0v) is 8.97. The first-order chi connectivity index (χ1) is 7.61. The fourth-order valence-electron chi connectivity index (χ4n) is 2.11. The average Bonchev–Trinajstić information content (AvgIpc) is 2.26. The molecule has 0 unspecified atom stereocenters. The second kappa shape index (κ2) is 4.47. The molecule has 1 heterocycles. The van der Waals surface area contributed by atoms with Gasteiger partial charge in [0.1, 0.15) is 0 Å². The molecule has 0 saturated carbocycles. The number of nitrogens with one attached hydrogen (secondary N) is 1. The summed E-state index contributed by atoms with van der Waals surface area (Å²) in [5.74, 6) is -1.69. The van der Waals surface area contributed by atoms with Crippen LogP contribution in [-0.2, 0) is 6.42 Å². The molecule has 0 atom stereocenters. The van der Waals surface area contributed by atoms with E-state index in [1.54, 1.807) is 0 Å². The lowest BCUT2D eigenvalue weighted by molar-refractivity contribution is 0.0100. The Bertz CT molecular complexity index is 375. The molecule has 0 amide bonds. The molecule has 0 spiro atoms. The second-order valence-corrected chi connectivity index (χ2v) is 4.36. The van der Waals surface area contributed by atoms with Gasteiger partial charge in [-0.25, -0.2) is 8.78 Å². The summed E-state index contributed by atoms with van der Waals surface area (Å²) in [4.78, 5) is 0. The van der Waals surface area contributed by atoms with Gasteiger partial charge in [-0.3, -0.25) is 0 Å². The second-order valence-electron chi connectivity index (χ2n) is 4.36. The van der Waals surface area contributed by atoms with E-state index >= 15 is 0 Å². The molecule has 2 rings (SSSR count). The lowest BCUT2D eigenvalue weighted by Crippen LogP contribution is -2.43. The Morgan fingerprint density at radius 3 is 2.62 bits per heavy atom. The highest BCUT2D eigenvalue weighted by molar-refractivity contribution is 5.21. The van der Waals surface area contributed by atoms with Crippen molar-refractivity contribution in [2.45, 2.75) is 24.9 Å². The van der Waals surface area contributed by atoms with E-state index < -0.39 is 17.2 Å². The van der Waals surface area contributed by atoms with Gasteiger partial charge >= 0.3 is 0 Å². The van der Waals surface area contributed by atoms with Gasteiger partial charge in [-0.2, -0.15) is 0 Å². The highest BCUT2D eigenvalue weighted by Gasteiger charge is 2.30. The third-order valence-electron chi connectivity index (χ3n) is 3.09. The summed E-state index contributed by atoms with van der Waals surface area (Å²) < 4.78 is 26.4. The normalized spacial score (nSPS) is 19.7. The average molecular weight is 227 g/mol. The van der Waals surface area contributed by atoms with Gasteiger partial charge in [-0.15, -0.1) is 0 Å². The molecular formula is C12H15F2NO. The summed E-state index contributed by atoms with van der Waals surface area (Å²) in [5, 5.41) is 13.3. The Balaban J connectivity index is 2.16. The molecule has 0 radical (unpaired) electrons. The Kier molecular flexibility index (Phi) is 3.21. The molecule has 4 heteroatoms. The van der Waals surface area contributed by atoms with Gasteiger partial charge in [0, 0.05) is 6.42 Å². The molecule has 0 aliphatic carbocycles. The van der Waals surface area contributed by atoms with Crippen LogP contribution in [0.2, 0.25) is 0 Å². The van der Waals surface area contributed by atoms with Crippen molar-refractivity contribution >= 4 is 0 Å². The number of piperidine rings is 1. The molecule has 2 N–H and O–H groups in total. The van der Waals surface area contributed by atoms with Crippen LogP contribution in [0, 0.1) is 11.6 Å². The van der Waals surface area contributed by atoms with Crippen LogP contribution in [0.25, 0.3) is 0 Å². The SMILES string of the molecule is OC1(Cc2cccc(F)c2F)CCNCC1.